The lowest BCUT2D eigenvalue weighted by molar-refractivity contribution is -0.115. The highest BCUT2D eigenvalue weighted by Crippen LogP contribution is 2.26. The van der Waals surface area contributed by atoms with E-state index < -0.39 is 0 Å². The number of anilines is 1. The molecule has 5 nitrogen and oxygen atoms in total. The first kappa shape index (κ1) is 17.0. The minimum absolute atomic E-state index is 0.0952. The molecule has 3 rings (SSSR count). The number of rotatable bonds is 7. The van der Waals surface area contributed by atoms with Gasteiger partial charge in [0.2, 0.25) is 11.1 Å². The fraction of sp³-hybridized carbons (Fsp3) is 0.105. The van der Waals surface area contributed by atoms with Gasteiger partial charge in [0, 0.05) is 11.3 Å². The van der Waals surface area contributed by atoms with Crippen LogP contribution in [0.25, 0.3) is 11.4 Å². The molecular weight excluding hydrogens is 332 g/mol. The number of nitrogens with zero attached hydrogens (tertiary/aromatic N) is 2. The molecule has 0 saturated heterocycles. The molecule has 3 aromatic rings. The Labute approximate surface area is 150 Å². The van der Waals surface area contributed by atoms with Crippen LogP contribution in [0, 0.1) is 0 Å². The average molecular weight is 350 g/mol. The lowest BCUT2D eigenvalue weighted by atomic mass is 10.2. The molecule has 1 atom stereocenters. The summed E-state index contributed by atoms with van der Waals surface area (Å²) in [6.45, 7) is 3.74. The molecule has 1 aromatic heterocycles. The Morgan fingerprint density at radius 2 is 1.84 bits per heavy atom. The normalized spacial score (nSPS) is 11.7. The van der Waals surface area contributed by atoms with Gasteiger partial charge in [-0.2, -0.15) is 0 Å². The molecule has 0 aliphatic carbocycles. The van der Waals surface area contributed by atoms with Gasteiger partial charge in [0.1, 0.15) is 0 Å². The van der Waals surface area contributed by atoms with Gasteiger partial charge in [0.05, 0.1) is 5.25 Å². The summed E-state index contributed by atoms with van der Waals surface area (Å²) in [6.07, 6.45) is 2.26. The predicted molar refractivity (Wildman–Crippen MR) is 101 cm³/mol. The van der Waals surface area contributed by atoms with Crippen LogP contribution in [0.4, 0.5) is 5.69 Å². The van der Waals surface area contributed by atoms with Crippen LogP contribution in [0.3, 0.4) is 0 Å². The van der Waals surface area contributed by atoms with Crippen molar-refractivity contribution in [3.05, 3.63) is 73.3 Å². The summed E-state index contributed by atoms with van der Waals surface area (Å²) >= 11 is 1.32. The van der Waals surface area contributed by atoms with E-state index in [1.807, 2.05) is 60.7 Å². The van der Waals surface area contributed by atoms with Gasteiger partial charge >= 0.3 is 0 Å². The highest BCUT2D eigenvalue weighted by atomic mass is 32.2. The van der Waals surface area contributed by atoms with Crippen molar-refractivity contribution in [2.24, 2.45) is 0 Å². The monoisotopic (exact) mass is 350 g/mol. The van der Waals surface area contributed by atoms with E-state index in [0.29, 0.717) is 17.4 Å². The van der Waals surface area contributed by atoms with Gasteiger partial charge in [-0.15, -0.1) is 11.7 Å². The minimum Gasteiger partial charge on any atom is -0.325 e. The summed E-state index contributed by atoms with van der Waals surface area (Å²) in [5.74, 6) is 0.589. The van der Waals surface area contributed by atoms with Crippen molar-refractivity contribution in [3.8, 4) is 11.4 Å². The maximum absolute atomic E-state index is 12.5. The molecule has 1 unspecified atom stereocenters. The Morgan fingerprint density at radius 1 is 1.16 bits per heavy atom. The molecule has 0 saturated carbocycles. The first-order chi connectivity index (χ1) is 12.3. The maximum atomic E-state index is 12.5. The quantitative estimate of drug-likeness (QED) is 0.496. The van der Waals surface area contributed by atoms with Gasteiger partial charge in [-0.25, -0.2) is 4.98 Å². The molecule has 2 aromatic carbocycles. The van der Waals surface area contributed by atoms with E-state index in [2.05, 4.69) is 27.1 Å². The van der Waals surface area contributed by atoms with Gasteiger partial charge in [-0.05, 0) is 18.6 Å². The number of nitrogens with one attached hydrogen (secondary N) is 2. The Balaban J connectivity index is 1.70. The third kappa shape index (κ3) is 4.58. The number of allylic oxidation sites excluding steroid dienone is 1. The topological polar surface area (TPSA) is 70.7 Å². The fourth-order valence-electron chi connectivity index (χ4n) is 2.26. The molecule has 0 aliphatic rings. The lowest BCUT2D eigenvalue weighted by Crippen LogP contribution is -2.24. The van der Waals surface area contributed by atoms with Crippen LogP contribution in [0.5, 0.6) is 0 Å². The maximum Gasteiger partial charge on any atom is 0.238 e. The number of para-hydroxylation sites is 1. The number of hydrogen-bond acceptors (Lipinski definition) is 4. The van der Waals surface area contributed by atoms with Crippen molar-refractivity contribution < 1.29 is 4.79 Å². The van der Waals surface area contributed by atoms with E-state index >= 15 is 0 Å². The summed E-state index contributed by atoms with van der Waals surface area (Å²) in [7, 11) is 0. The Hall–Kier alpha value is -2.86. The zero-order chi connectivity index (χ0) is 17.5. The van der Waals surface area contributed by atoms with Crippen LogP contribution in [0.15, 0.2) is 78.5 Å². The highest BCUT2D eigenvalue weighted by molar-refractivity contribution is 8.00. The van der Waals surface area contributed by atoms with Crippen molar-refractivity contribution in [1.29, 1.82) is 0 Å². The van der Waals surface area contributed by atoms with Crippen LogP contribution in [-0.4, -0.2) is 26.3 Å². The molecule has 25 heavy (non-hydrogen) atoms. The summed E-state index contributed by atoms with van der Waals surface area (Å²) < 4.78 is 0. The first-order valence-electron chi connectivity index (χ1n) is 7.87. The van der Waals surface area contributed by atoms with E-state index in [1.165, 1.54) is 11.8 Å². The van der Waals surface area contributed by atoms with Crippen molar-refractivity contribution in [2.45, 2.75) is 16.8 Å². The number of benzene rings is 2. The molecule has 1 amide bonds. The summed E-state index contributed by atoms with van der Waals surface area (Å²) in [5.41, 5.74) is 1.72. The zero-order valence-corrected chi connectivity index (χ0v) is 14.4. The smallest absolute Gasteiger partial charge is 0.238 e. The Morgan fingerprint density at radius 3 is 2.52 bits per heavy atom. The van der Waals surface area contributed by atoms with Crippen LogP contribution in [-0.2, 0) is 4.79 Å². The molecule has 0 spiro atoms. The summed E-state index contributed by atoms with van der Waals surface area (Å²) in [6, 6.07) is 19.1. The van der Waals surface area contributed by atoms with E-state index in [9.17, 15) is 4.79 Å². The highest BCUT2D eigenvalue weighted by Gasteiger charge is 2.21. The second-order valence-electron chi connectivity index (χ2n) is 5.32. The van der Waals surface area contributed by atoms with Crippen molar-refractivity contribution in [3.63, 3.8) is 0 Å². The number of carbonyl (C=O) groups excluding carboxylic acids is 1. The number of carbonyl (C=O) groups is 1. The third-order valence-corrected chi connectivity index (χ3v) is 4.56. The minimum atomic E-state index is -0.350. The van der Waals surface area contributed by atoms with Gasteiger partial charge in [0.15, 0.2) is 5.82 Å². The number of aromatic amines is 1. The molecule has 2 N–H and O–H groups in total. The average Bonchev–Trinajstić information content (AvgIpc) is 3.11. The number of thioether (sulfide) groups is 1. The predicted octanol–water partition coefficient (Wildman–Crippen LogP) is 4.15. The van der Waals surface area contributed by atoms with Crippen LogP contribution in [0.1, 0.15) is 6.42 Å². The van der Waals surface area contributed by atoms with Crippen molar-refractivity contribution in [2.75, 3.05) is 5.32 Å². The molecule has 1 heterocycles. The number of aromatic nitrogens is 3. The van der Waals surface area contributed by atoms with Gasteiger partial charge in [-0.3, -0.25) is 9.89 Å². The lowest BCUT2D eigenvalue weighted by Gasteiger charge is -2.13. The Kier molecular flexibility index (Phi) is 5.64. The fourth-order valence-corrected chi connectivity index (χ4v) is 3.15. The molecule has 0 radical (unpaired) electrons. The van der Waals surface area contributed by atoms with Gasteiger partial charge in [-0.1, -0.05) is 66.4 Å². The van der Waals surface area contributed by atoms with Crippen LogP contribution >= 0.6 is 11.8 Å². The Bertz CT molecular complexity index is 833. The zero-order valence-electron chi connectivity index (χ0n) is 13.6. The second kappa shape index (κ2) is 8.30. The SMILES string of the molecule is C=CCC(Sc1n[nH]c(-c2ccccc2)n1)C(=O)Nc1ccccc1. The third-order valence-electron chi connectivity index (χ3n) is 3.47. The van der Waals surface area contributed by atoms with Gasteiger partial charge < -0.3 is 5.32 Å². The van der Waals surface area contributed by atoms with E-state index in [4.69, 9.17) is 0 Å². The molecular formula is C19H18N4OS. The first-order valence-corrected chi connectivity index (χ1v) is 8.75. The molecule has 126 valence electrons. The van der Waals surface area contributed by atoms with Crippen molar-refractivity contribution in [1.82, 2.24) is 15.2 Å². The largest absolute Gasteiger partial charge is 0.325 e. The van der Waals surface area contributed by atoms with Crippen LogP contribution < -0.4 is 5.32 Å². The number of hydrogen-bond donors (Lipinski definition) is 2. The molecule has 0 fully saturated rings. The number of amides is 1. The molecule has 0 bridgehead atoms. The van der Waals surface area contributed by atoms with E-state index in [1.54, 1.807) is 6.08 Å². The van der Waals surface area contributed by atoms with Crippen LogP contribution in [0.2, 0.25) is 0 Å². The standard InChI is InChI=1S/C19H18N4OS/c1-2-9-16(18(24)20-15-12-7-4-8-13-15)25-19-21-17(22-23-19)14-10-5-3-6-11-14/h2-8,10-13,16H,1,9H2,(H,20,24)(H,21,22,23). The van der Waals surface area contributed by atoms with Crippen molar-refractivity contribution >= 4 is 23.4 Å². The van der Waals surface area contributed by atoms with E-state index in [-0.39, 0.29) is 11.2 Å². The molecule has 0 aliphatic heterocycles. The molecule has 6 heteroatoms. The summed E-state index contributed by atoms with van der Waals surface area (Å²) in [5, 5.41) is 10.2. The summed E-state index contributed by atoms with van der Waals surface area (Å²) in [4.78, 5) is 17.0. The van der Waals surface area contributed by atoms with Gasteiger partial charge in [0.25, 0.3) is 0 Å². The number of H-pyrrole nitrogens is 1. The van der Waals surface area contributed by atoms with E-state index in [0.717, 1.165) is 11.3 Å². The second-order valence-corrected chi connectivity index (χ2v) is 6.49.